The maximum Gasteiger partial charge on any atom is 0.175 e. The molecule has 2 aliphatic rings. The van der Waals surface area contributed by atoms with E-state index in [0.29, 0.717) is 24.2 Å². The molecule has 3 rings (SSSR count). The van der Waals surface area contributed by atoms with Gasteiger partial charge in [0.25, 0.3) is 0 Å². The number of hydrogen-bond donors (Lipinski definition) is 1. The summed E-state index contributed by atoms with van der Waals surface area (Å²) in [6, 6.07) is 7.30. The first-order chi connectivity index (χ1) is 7.94. The number of carbonyl (C=O) groups excluding carboxylic acids is 1. The van der Waals surface area contributed by atoms with Gasteiger partial charge in [0, 0.05) is 6.42 Å². The van der Waals surface area contributed by atoms with Gasteiger partial charge in [-0.1, -0.05) is 12.1 Å². The Morgan fingerprint density at radius 1 is 1.29 bits per heavy atom. The molecule has 0 amide bonds. The lowest BCUT2D eigenvalue weighted by Crippen LogP contribution is -2.45. The Morgan fingerprint density at radius 2 is 2.00 bits per heavy atom. The smallest absolute Gasteiger partial charge is 0.175 e. The van der Waals surface area contributed by atoms with Crippen molar-refractivity contribution in [3.05, 3.63) is 29.8 Å². The molecule has 3 heteroatoms. The van der Waals surface area contributed by atoms with Gasteiger partial charge in [-0.05, 0) is 32.4 Å². The van der Waals surface area contributed by atoms with Crippen molar-refractivity contribution >= 4 is 5.78 Å². The van der Waals surface area contributed by atoms with Crippen LogP contribution < -0.4 is 4.74 Å². The number of Topliss-reactive ketones (excluding diaryl/α,β-unsaturated/α-hetero) is 1. The monoisotopic (exact) mass is 232 g/mol. The van der Waals surface area contributed by atoms with E-state index in [1.165, 1.54) is 0 Å². The van der Waals surface area contributed by atoms with Crippen molar-refractivity contribution in [3.8, 4) is 5.75 Å². The molecule has 2 bridgehead atoms. The van der Waals surface area contributed by atoms with Gasteiger partial charge in [-0.25, -0.2) is 0 Å². The number of hydrogen-bond acceptors (Lipinski definition) is 3. The molecule has 1 fully saturated rings. The first-order valence-corrected chi connectivity index (χ1v) is 5.97. The molecule has 0 saturated heterocycles. The van der Waals surface area contributed by atoms with Crippen LogP contribution in [0.15, 0.2) is 24.3 Å². The van der Waals surface area contributed by atoms with Crippen LogP contribution in [0.5, 0.6) is 5.75 Å². The van der Waals surface area contributed by atoms with Crippen LogP contribution >= 0.6 is 0 Å². The molecule has 0 spiro atoms. The highest BCUT2D eigenvalue weighted by molar-refractivity contribution is 6.04. The Hall–Kier alpha value is -1.35. The van der Waals surface area contributed by atoms with Crippen molar-refractivity contribution in [1.82, 2.24) is 0 Å². The zero-order chi connectivity index (χ0) is 12.3. The molecular formula is C14H16O3. The summed E-state index contributed by atoms with van der Waals surface area (Å²) in [5.41, 5.74) is -1.12. The van der Waals surface area contributed by atoms with Crippen LogP contribution in [0.3, 0.4) is 0 Å². The molecule has 17 heavy (non-hydrogen) atoms. The van der Waals surface area contributed by atoms with Gasteiger partial charge in [0.2, 0.25) is 0 Å². The van der Waals surface area contributed by atoms with Crippen molar-refractivity contribution < 1.29 is 14.6 Å². The number of rotatable bonds is 0. The van der Waals surface area contributed by atoms with Gasteiger partial charge >= 0.3 is 0 Å². The SMILES string of the molecule is CC1(O)CC2CC1(C)C(=O)c1ccccc1O2. The first-order valence-electron chi connectivity index (χ1n) is 5.97. The van der Waals surface area contributed by atoms with Crippen LogP contribution in [0, 0.1) is 5.41 Å². The van der Waals surface area contributed by atoms with Crippen molar-refractivity contribution in [3.63, 3.8) is 0 Å². The van der Waals surface area contributed by atoms with E-state index in [2.05, 4.69) is 0 Å². The summed E-state index contributed by atoms with van der Waals surface area (Å²) in [4.78, 5) is 12.6. The van der Waals surface area contributed by atoms with Crippen LogP contribution in [0.25, 0.3) is 0 Å². The molecule has 1 aromatic rings. The fraction of sp³-hybridized carbons (Fsp3) is 0.500. The average molecular weight is 232 g/mol. The number of benzene rings is 1. The van der Waals surface area contributed by atoms with Crippen LogP contribution in [0.2, 0.25) is 0 Å². The van der Waals surface area contributed by atoms with E-state index in [1.807, 2.05) is 25.1 Å². The van der Waals surface area contributed by atoms with Gasteiger partial charge in [-0.15, -0.1) is 0 Å². The van der Waals surface area contributed by atoms with Gasteiger partial charge in [-0.3, -0.25) is 4.79 Å². The number of fused-ring (bicyclic) bond motifs is 3. The van der Waals surface area contributed by atoms with Gasteiger partial charge in [0.1, 0.15) is 11.9 Å². The quantitative estimate of drug-likeness (QED) is 0.745. The maximum atomic E-state index is 12.6. The molecule has 1 N–H and O–H groups in total. The van der Waals surface area contributed by atoms with E-state index < -0.39 is 11.0 Å². The van der Waals surface area contributed by atoms with Gasteiger partial charge < -0.3 is 9.84 Å². The molecule has 0 radical (unpaired) electrons. The van der Waals surface area contributed by atoms with E-state index >= 15 is 0 Å². The van der Waals surface area contributed by atoms with Crippen LogP contribution in [-0.2, 0) is 0 Å². The summed E-state index contributed by atoms with van der Waals surface area (Å²) >= 11 is 0. The summed E-state index contributed by atoms with van der Waals surface area (Å²) in [7, 11) is 0. The van der Waals surface area contributed by atoms with Crippen molar-refractivity contribution in [2.75, 3.05) is 0 Å². The number of carbonyl (C=O) groups is 1. The highest BCUT2D eigenvalue weighted by Crippen LogP contribution is 2.52. The standard InChI is InChI=1S/C14H16O3/c1-13-7-9(8-14(13,2)16)17-11-6-4-3-5-10(11)12(13)15/h3-6,9,16H,7-8H2,1-2H3. The molecule has 1 heterocycles. The molecule has 1 aromatic carbocycles. The summed E-state index contributed by atoms with van der Waals surface area (Å²) in [6.45, 7) is 3.59. The lowest BCUT2D eigenvalue weighted by Gasteiger charge is -2.35. The van der Waals surface area contributed by atoms with Crippen LogP contribution in [0.1, 0.15) is 37.0 Å². The zero-order valence-corrected chi connectivity index (χ0v) is 10.1. The second-order valence-corrected chi connectivity index (χ2v) is 5.58. The predicted molar refractivity (Wildman–Crippen MR) is 63.2 cm³/mol. The van der Waals surface area contributed by atoms with Crippen molar-refractivity contribution in [2.45, 2.75) is 38.4 Å². The number of ether oxygens (including phenoxy) is 1. The normalized spacial score (nSPS) is 39.5. The van der Waals surface area contributed by atoms with Gasteiger partial charge in [0.05, 0.1) is 16.6 Å². The van der Waals surface area contributed by atoms with Crippen LogP contribution in [-0.4, -0.2) is 22.6 Å². The maximum absolute atomic E-state index is 12.6. The molecule has 3 unspecified atom stereocenters. The van der Waals surface area contributed by atoms with E-state index in [1.54, 1.807) is 13.0 Å². The lowest BCUT2D eigenvalue weighted by atomic mass is 9.72. The largest absolute Gasteiger partial charge is 0.490 e. The Kier molecular flexibility index (Phi) is 1.97. The predicted octanol–water partition coefficient (Wildman–Crippen LogP) is 2.18. The highest BCUT2D eigenvalue weighted by Gasteiger charge is 2.58. The molecule has 90 valence electrons. The summed E-state index contributed by atoms with van der Waals surface area (Å²) in [5.74, 6) is 0.653. The van der Waals surface area contributed by atoms with Gasteiger partial charge in [-0.2, -0.15) is 0 Å². The second kappa shape index (κ2) is 3.10. The average Bonchev–Trinajstić information content (AvgIpc) is 2.42. The highest BCUT2D eigenvalue weighted by atomic mass is 16.5. The molecule has 1 saturated carbocycles. The third kappa shape index (κ3) is 1.29. The molecular weight excluding hydrogens is 216 g/mol. The van der Waals surface area contributed by atoms with E-state index in [9.17, 15) is 9.90 Å². The van der Waals surface area contributed by atoms with Crippen molar-refractivity contribution in [1.29, 1.82) is 0 Å². The van der Waals surface area contributed by atoms with E-state index in [4.69, 9.17) is 4.74 Å². The summed E-state index contributed by atoms with van der Waals surface area (Å²) in [6.07, 6.45) is 1.04. The Labute approximate surface area is 100 Å². The number of aliphatic hydroxyl groups is 1. The molecule has 3 nitrogen and oxygen atoms in total. The third-order valence-electron chi connectivity index (χ3n) is 4.38. The Bertz CT molecular complexity index is 492. The Balaban J connectivity index is 2.19. The van der Waals surface area contributed by atoms with E-state index in [-0.39, 0.29) is 11.9 Å². The van der Waals surface area contributed by atoms with Crippen LogP contribution in [0.4, 0.5) is 0 Å². The third-order valence-corrected chi connectivity index (χ3v) is 4.38. The minimum atomic E-state index is -0.984. The van der Waals surface area contributed by atoms with Gasteiger partial charge in [0.15, 0.2) is 5.78 Å². The number of para-hydroxylation sites is 1. The summed E-state index contributed by atoms with van der Waals surface area (Å²) in [5, 5.41) is 10.4. The molecule has 3 atom stereocenters. The van der Waals surface area contributed by atoms with Crippen molar-refractivity contribution in [2.24, 2.45) is 5.41 Å². The molecule has 1 aliphatic heterocycles. The van der Waals surface area contributed by atoms with E-state index in [0.717, 1.165) is 0 Å². The Morgan fingerprint density at radius 3 is 2.76 bits per heavy atom. The fourth-order valence-corrected chi connectivity index (χ4v) is 3.07. The zero-order valence-electron chi connectivity index (χ0n) is 10.1. The molecule has 0 aromatic heterocycles. The minimum absolute atomic E-state index is 0.00176. The lowest BCUT2D eigenvalue weighted by molar-refractivity contribution is -0.0241. The first kappa shape index (κ1) is 10.8. The molecule has 1 aliphatic carbocycles. The second-order valence-electron chi connectivity index (χ2n) is 5.58. The fourth-order valence-electron chi connectivity index (χ4n) is 3.07. The topological polar surface area (TPSA) is 46.5 Å². The summed E-state index contributed by atoms with van der Waals surface area (Å²) < 4.78 is 5.84. The minimum Gasteiger partial charge on any atom is -0.490 e. The number of ketones is 1.